The predicted octanol–water partition coefficient (Wildman–Crippen LogP) is 0.752. The monoisotopic (exact) mass is 269 g/mol. The van der Waals surface area contributed by atoms with E-state index in [4.69, 9.17) is 4.74 Å². The molecule has 0 fully saturated rings. The van der Waals surface area contributed by atoms with Gasteiger partial charge in [-0.2, -0.15) is 0 Å². The highest BCUT2D eigenvalue weighted by molar-refractivity contribution is 6.04. The maximum atomic E-state index is 12.0. The van der Waals surface area contributed by atoms with Crippen LogP contribution in [0.25, 0.3) is 0 Å². The van der Waals surface area contributed by atoms with Crippen LogP contribution in [0.3, 0.4) is 0 Å². The minimum atomic E-state index is -1.54. The summed E-state index contributed by atoms with van der Waals surface area (Å²) in [7, 11) is 0. The minimum absolute atomic E-state index is 0.271. The predicted molar refractivity (Wildman–Crippen MR) is 68.0 cm³/mol. The van der Waals surface area contributed by atoms with Crippen LogP contribution in [-0.4, -0.2) is 29.7 Å². The summed E-state index contributed by atoms with van der Waals surface area (Å²) in [6.07, 6.45) is 1.25. The molecule has 1 atom stereocenters. The van der Waals surface area contributed by atoms with Crippen molar-refractivity contribution in [3.8, 4) is 0 Å². The summed E-state index contributed by atoms with van der Waals surface area (Å²) >= 11 is 0. The number of nitrogens with one attached hydrogen (secondary N) is 1. The number of amides is 1. The van der Waals surface area contributed by atoms with Gasteiger partial charge in [0, 0.05) is 6.42 Å². The molecule has 0 saturated carbocycles. The van der Waals surface area contributed by atoms with Crippen molar-refractivity contribution >= 4 is 23.9 Å². The van der Waals surface area contributed by atoms with Crippen LogP contribution in [-0.2, 0) is 23.9 Å². The Morgan fingerprint density at radius 2 is 1.79 bits per heavy atom. The Hall–Kier alpha value is -1.98. The molecule has 0 radical (unpaired) electrons. The van der Waals surface area contributed by atoms with E-state index in [1.165, 1.54) is 27.7 Å². The number of hydrogen-bond acceptors (Lipinski definition) is 5. The Kier molecular flexibility index (Phi) is 5.61. The molecule has 0 aromatic rings. The maximum absolute atomic E-state index is 12.0. The molecule has 106 valence electrons. The third-order valence-electron chi connectivity index (χ3n) is 2.68. The van der Waals surface area contributed by atoms with Gasteiger partial charge >= 0.3 is 5.97 Å². The lowest BCUT2D eigenvalue weighted by atomic mass is 9.83. The van der Waals surface area contributed by atoms with Crippen LogP contribution in [0.4, 0.5) is 0 Å². The summed E-state index contributed by atoms with van der Waals surface area (Å²) in [6, 6.07) is 0. The SMILES string of the molecule is C=CC(=O)NC(C)(C)OC(=O)C(C)(CC=O)C(C)=O. The molecule has 1 amide bonds. The molecule has 6 heteroatoms. The van der Waals surface area contributed by atoms with Crippen LogP contribution >= 0.6 is 0 Å². The Balaban J connectivity index is 5.00. The zero-order chi connectivity index (χ0) is 15.3. The van der Waals surface area contributed by atoms with Gasteiger partial charge in [0.1, 0.15) is 17.5 Å². The van der Waals surface area contributed by atoms with Crippen LogP contribution in [0.2, 0.25) is 0 Å². The van der Waals surface area contributed by atoms with Crippen LogP contribution < -0.4 is 5.32 Å². The molecule has 0 heterocycles. The van der Waals surface area contributed by atoms with Gasteiger partial charge < -0.3 is 14.8 Å². The highest BCUT2D eigenvalue weighted by Crippen LogP contribution is 2.25. The number of rotatable bonds is 7. The standard InChI is InChI=1S/C13H19NO5/c1-6-10(17)14-12(3,4)19-11(18)13(5,7-8-15)9(2)16/h6,8H,1,7H2,2-5H3,(H,14,17). The van der Waals surface area contributed by atoms with Gasteiger partial charge in [0.15, 0.2) is 5.72 Å². The lowest BCUT2D eigenvalue weighted by Gasteiger charge is -2.31. The molecule has 6 nitrogen and oxygen atoms in total. The van der Waals surface area contributed by atoms with Crippen LogP contribution in [0.1, 0.15) is 34.1 Å². The van der Waals surface area contributed by atoms with E-state index in [0.29, 0.717) is 6.29 Å². The normalized spacial score (nSPS) is 13.9. The first-order valence-electron chi connectivity index (χ1n) is 5.72. The molecule has 0 aliphatic rings. The number of ketones is 1. The highest BCUT2D eigenvalue weighted by atomic mass is 16.6. The third-order valence-corrected chi connectivity index (χ3v) is 2.68. The number of carbonyl (C=O) groups excluding carboxylic acids is 4. The first kappa shape index (κ1) is 17.0. The molecular formula is C13H19NO5. The Labute approximate surface area is 112 Å². The zero-order valence-electron chi connectivity index (χ0n) is 11.6. The van der Waals surface area contributed by atoms with Gasteiger partial charge in [0.25, 0.3) is 0 Å². The minimum Gasteiger partial charge on any atom is -0.439 e. The van der Waals surface area contributed by atoms with E-state index in [-0.39, 0.29) is 6.42 Å². The van der Waals surface area contributed by atoms with Crippen molar-refractivity contribution in [3.63, 3.8) is 0 Å². The summed E-state index contributed by atoms with van der Waals surface area (Å²) in [5.74, 6) is -1.85. The second kappa shape index (κ2) is 6.26. The summed E-state index contributed by atoms with van der Waals surface area (Å²) in [5, 5.41) is 2.39. The van der Waals surface area contributed by atoms with Crippen molar-refractivity contribution in [2.24, 2.45) is 5.41 Å². The Morgan fingerprint density at radius 1 is 1.26 bits per heavy atom. The molecule has 0 spiro atoms. The summed E-state index contributed by atoms with van der Waals surface area (Å²) in [5.41, 5.74) is -2.85. The van der Waals surface area contributed by atoms with Crippen molar-refractivity contribution in [2.45, 2.75) is 39.8 Å². The number of hydrogen-bond donors (Lipinski definition) is 1. The van der Waals surface area contributed by atoms with Gasteiger partial charge in [0.2, 0.25) is 5.91 Å². The van der Waals surface area contributed by atoms with Crippen molar-refractivity contribution in [1.82, 2.24) is 5.32 Å². The van der Waals surface area contributed by atoms with Gasteiger partial charge in [-0.3, -0.25) is 14.4 Å². The molecular weight excluding hydrogens is 250 g/mol. The molecule has 1 unspecified atom stereocenters. The quantitative estimate of drug-likeness (QED) is 0.242. The highest BCUT2D eigenvalue weighted by Gasteiger charge is 2.42. The van der Waals surface area contributed by atoms with E-state index in [1.54, 1.807) is 0 Å². The van der Waals surface area contributed by atoms with Crippen molar-refractivity contribution < 1.29 is 23.9 Å². The topological polar surface area (TPSA) is 89.5 Å². The Morgan fingerprint density at radius 3 is 2.16 bits per heavy atom. The number of ether oxygens (including phenoxy) is 1. The average Bonchev–Trinajstić information content (AvgIpc) is 2.27. The van der Waals surface area contributed by atoms with E-state index in [1.807, 2.05) is 0 Å². The molecule has 0 aliphatic heterocycles. The summed E-state index contributed by atoms with van der Waals surface area (Å²) in [6.45, 7) is 8.72. The third kappa shape index (κ3) is 4.65. The van der Waals surface area contributed by atoms with Gasteiger partial charge in [-0.15, -0.1) is 0 Å². The maximum Gasteiger partial charge on any atom is 0.321 e. The van der Waals surface area contributed by atoms with Crippen molar-refractivity contribution in [2.75, 3.05) is 0 Å². The van der Waals surface area contributed by atoms with Gasteiger partial charge in [0.05, 0.1) is 0 Å². The summed E-state index contributed by atoms with van der Waals surface area (Å²) in [4.78, 5) is 45.3. The lowest BCUT2D eigenvalue weighted by Crippen LogP contribution is -2.50. The fourth-order valence-corrected chi connectivity index (χ4v) is 1.26. The molecule has 0 aliphatic carbocycles. The van der Waals surface area contributed by atoms with E-state index in [2.05, 4.69) is 11.9 Å². The number of carbonyl (C=O) groups is 4. The molecule has 0 aromatic heterocycles. The van der Waals surface area contributed by atoms with Crippen LogP contribution in [0.5, 0.6) is 0 Å². The largest absolute Gasteiger partial charge is 0.439 e. The number of aldehydes is 1. The second-order valence-corrected chi connectivity index (χ2v) is 4.85. The first-order chi connectivity index (χ1) is 8.59. The smallest absolute Gasteiger partial charge is 0.321 e. The molecule has 1 N–H and O–H groups in total. The lowest BCUT2D eigenvalue weighted by molar-refractivity contribution is -0.174. The van der Waals surface area contributed by atoms with Crippen LogP contribution in [0.15, 0.2) is 12.7 Å². The molecule has 0 saturated heterocycles. The molecule has 0 aromatic carbocycles. The van der Waals surface area contributed by atoms with Crippen LogP contribution in [0, 0.1) is 5.41 Å². The van der Waals surface area contributed by atoms with Crippen molar-refractivity contribution in [3.05, 3.63) is 12.7 Å². The van der Waals surface area contributed by atoms with E-state index >= 15 is 0 Å². The molecule has 19 heavy (non-hydrogen) atoms. The Bertz CT molecular complexity index is 413. The second-order valence-electron chi connectivity index (χ2n) is 4.85. The molecule has 0 rings (SSSR count). The van der Waals surface area contributed by atoms with Crippen molar-refractivity contribution in [1.29, 1.82) is 0 Å². The first-order valence-corrected chi connectivity index (χ1v) is 5.72. The van der Waals surface area contributed by atoms with E-state index < -0.39 is 28.8 Å². The molecule has 0 bridgehead atoms. The fraction of sp³-hybridized carbons (Fsp3) is 0.538. The average molecular weight is 269 g/mol. The number of esters is 1. The fourth-order valence-electron chi connectivity index (χ4n) is 1.26. The van der Waals surface area contributed by atoms with E-state index in [9.17, 15) is 19.2 Å². The number of Topliss-reactive ketones (excluding diaryl/α,β-unsaturated/α-hetero) is 1. The summed E-state index contributed by atoms with van der Waals surface area (Å²) < 4.78 is 5.09. The zero-order valence-corrected chi connectivity index (χ0v) is 11.6. The van der Waals surface area contributed by atoms with Gasteiger partial charge in [-0.25, -0.2) is 0 Å². The van der Waals surface area contributed by atoms with Gasteiger partial charge in [-0.05, 0) is 33.8 Å². The van der Waals surface area contributed by atoms with Gasteiger partial charge in [-0.1, -0.05) is 6.58 Å². The van der Waals surface area contributed by atoms with E-state index in [0.717, 1.165) is 6.08 Å².